The first-order chi connectivity index (χ1) is 9.69. The Morgan fingerprint density at radius 3 is 2.30 bits per heavy atom. The standard InChI is InChI=1S/C15H16FNO2S/c16-13-3-7-15(8-4-13)20(18)10-9-19-14-5-1-12(11-17)2-6-14/h1-8H,9-11,17H2. The van der Waals surface area contributed by atoms with Crippen molar-refractivity contribution in [1.82, 2.24) is 0 Å². The zero-order valence-electron chi connectivity index (χ0n) is 10.9. The van der Waals surface area contributed by atoms with Crippen molar-refractivity contribution >= 4 is 10.8 Å². The summed E-state index contributed by atoms with van der Waals surface area (Å²) in [6, 6.07) is 13.1. The number of ether oxygens (including phenoxy) is 1. The first-order valence-corrected chi connectivity index (χ1v) is 7.56. The van der Waals surface area contributed by atoms with Crippen LogP contribution >= 0.6 is 0 Å². The molecule has 0 aliphatic heterocycles. The smallest absolute Gasteiger partial charge is 0.123 e. The summed E-state index contributed by atoms with van der Waals surface area (Å²) < 4.78 is 30.2. The van der Waals surface area contributed by atoms with Gasteiger partial charge in [-0.05, 0) is 42.0 Å². The molecule has 2 rings (SSSR count). The van der Waals surface area contributed by atoms with Gasteiger partial charge in [-0.3, -0.25) is 4.21 Å². The Kier molecular flexibility index (Phi) is 5.26. The minimum absolute atomic E-state index is 0.331. The van der Waals surface area contributed by atoms with Crippen molar-refractivity contribution in [3.63, 3.8) is 0 Å². The molecule has 2 N–H and O–H groups in total. The second-order valence-corrected chi connectivity index (χ2v) is 5.77. The molecule has 3 nitrogen and oxygen atoms in total. The van der Waals surface area contributed by atoms with Gasteiger partial charge < -0.3 is 10.5 Å². The molecule has 0 radical (unpaired) electrons. The Balaban J connectivity index is 1.82. The topological polar surface area (TPSA) is 52.3 Å². The maximum absolute atomic E-state index is 12.8. The molecule has 2 aromatic rings. The molecule has 0 aromatic heterocycles. The molecule has 0 aliphatic rings. The number of halogens is 1. The van der Waals surface area contributed by atoms with Gasteiger partial charge in [0.15, 0.2) is 0 Å². The number of rotatable bonds is 6. The summed E-state index contributed by atoms with van der Waals surface area (Å²) in [6.07, 6.45) is 0. The predicted octanol–water partition coefficient (Wildman–Crippen LogP) is 2.47. The highest BCUT2D eigenvalue weighted by Crippen LogP contribution is 2.13. The van der Waals surface area contributed by atoms with Crippen LogP contribution in [0.5, 0.6) is 5.75 Å². The maximum Gasteiger partial charge on any atom is 0.123 e. The molecule has 20 heavy (non-hydrogen) atoms. The molecule has 1 atom stereocenters. The largest absolute Gasteiger partial charge is 0.493 e. The van der Waals surface area contributed by atoms with E-state index < -0.39 is 10.8 Å². The van der Waals surface area contributed by atoms with Gasteiger partial charge in [0.2, 0.25) is 0 Å². The second kappa shape index (κ2) is 7.17. The molecule has 5 heteroatoms. The van der Waals surface area contributed by atoms with Crippen molar-refractivity contribution in [1.29, 1.82) is 0 Å². The Bertz CT molecular complexity index is 569. The number of hydrogen-bond donors (Lipinski definition) is 1. The Morgan fingerprint density at radius 1 is 1.05 bits per heavy atom. The van der Waals surface area contributed by atoms with Crippen molar-refractivity contribution in [2.75, 3.05) is 12.4 Å². The van der Waals surface area contributed by atoms with Gasteiger partial charge >= 0.3 is 0 Å². The molecule has 1 unspecified atom stereocenters. The fraction of sp³-hybridized carbons (Fsp3) is 0.200. The summed E-state index contributed by atoms with van der Waals surface area (Å²) in [5.41, 5.74) is 6.54. The molecule has 106 valence electrons. The number of nitrogens with two attached hydrogens (primary N) is 1. The third-order valence-electron chi connectivity index (χ3n) is 2.77. The summed E-state index contributed by atoms with van der Waals surface area (Å²) in [5.74, 6) is 0.755. The van der Waals surface area contributed by atoms with Gasteiger partial charge in [-0.15, -0.1) is 0 Å². The van der Waals surface area contributed by atoms with E-state index in [1.54, 1.807) is 0 Å². The summed E-state index contributed by atoms with van der Waals surface area (Å²) in [4.78, 5) is 0.605. The van der Waals surface area contributed by atoms with E-state index in [9.17, 15) is 8.60 Å². The first kappa shape index (κ1) is 14.7. The summed E-state index contributed by atoms with van der Waals surface area (Å²) in [7, 11) is -1.18. The van der Waals surface area contributed by atoms with Gasteiger partial charge in [-0.2, -0.15) is 0 Å². The van der Waals surface area contributed by atoms with E-state index in [0.717, 1.165) is 11.3 Å². The van der Waals surface area contributed by atoms with Crippen LogP contribution in [0.4, 0.5) is 4.39 Å². The average molecular weight is 293 g/mol. The van der Waals surface area contributed by atoms with E-state index in [4.69, 9.17) is 10.5 Å². The molecule has 0 spiro atoms. The molecular weight excluding hydrogens is 277 g/mol. The lowest BCUT2D eigenvalue weighted by Gasteiger charge is -2.07. The van der Waals surface area contributed by atoms with Crippen molar-refractivity contribution in [3.8, 4) is 5.75 Å². The predicted molar refractivity (Wildman–Crippen MR) is 77.5 cm³/mol. The highest BCUT2D eigenvalue weighted by molar-refractivity contribution is 7.85. The first-order valence-electron chi connectivity index (χ1n) is 6.25. The van der Waals surface area contributed by atoms with Crippen LogP contribution in [0.15, 0.2) is 53.4 Å². The van der Waals surface area contributed by atoms with Crippen molar-refractivity contribution in [3.05, 3.63) is 59.9 Å². The van der Waals surface area contributed by atoms with Gasteiger partial charge in [-0.25, -0.2) is 4.39 Å². The van der Waals surface area contributed by atoms with E-state index in [-0.39, 0.29) is 5.82 Å². The zero-order chi connectivity index (χ0) is 14.4. The molecule has 0 aliphatic carbocycles. The Labute approximate surface area is 120 Å². The highest BCUT2D eigenvalue weighted by Gasteiger charge is 2.04. The summed E-state index contributed by atoms with van der Waals surface area (Å²) >= 11 is 0. The third-order valence-corrected chi connectivity index (χ3v) is 4.11. The number of benzene rings is 2. The quantitative estimate of drug-likeness (QED) is 0.890. The normalized spacial score (nSPS) is 12.1. The molecular formula is C15H16FNO2S. The van der Waals surface area contributed by atoms with E-state index >= 15 is 0 Å². The van der Waals surface area contributed by atoms with Crippen molar-refractivity contribution in [2.24, 2.45) is 5.73 Å². The third kappa shape index (κ3) is 4.15. The maximum atomic E-state index is 12.8. The van der Waals surface area contributed by atoms with Crippen LogP contribution in [0.2, 0.25) is 0 Å². The lowest BCUT2D eigenvalue weighted by Crippen LogP contribution is -2.08. The molecule has 0 saturated heterocycles. The van der Waals surface area contributed by atoms with E-state index in [1.165, 1.54) is 24.3 Å². The lowest BCUT2D eigenvalue weighted by atomic mass is 10.2. The van der Waals surface area contributed by atoms with E-state index in [2.05, 4.69) is 0 Å². The van der Waals surface area contributed by atoms with Gasteiger partial charge in [0.1, 0.15) is 18.2 Å². The van der Waals surface area contributed by atoms with Gasteiger partial charge in [0.05, 0.1) is 16.6 Å². The van der Waals surface area contributed by atoms with Crippen molar-refractivity contribution in [2.45, 2.75) is 11.4 Å². The Hall–Kier alpha value is -1.72. The van der Waals surface area contributed by atoms with Crippen LogP contribution in [0.1, 0.15) is 5.56 Å². The lowest BCUT2D eigenvalue weighted by molar-refractivity contribution is 0.342. The van der Waals surface area contributed by atoms with Gasteiger partial charge in [0.25, 0.3) is 0 Å². The molecule has 0 heterocycles. The molecule has 0 bridgehead atoms. The molecule has 0 fully saturated rings. The minimum Gasteiger partial charge on any atom is -0.493 e. The number of hydrogen-bond acceptors (Lipinski definition) is 3. The Morgan fingerprint density at radius 2 is 1.70 bits per heavy atom. The van der Waals surface area contributed by atoms with Gasteiger partial charge in [0, 0.05) is 11.4 Å². The van der Waals surface area contributed by atoms with Crippen LogP contribution in [-0.2, 0) is 17.3 Å². The second-order valence-electron chi connectivity index (χ2n) is 4.20. The average Bonchev–Trinajstić information content (AvgIpc) is 2.48. The van der Waals surface area contributed by atoms with E-state index in [1.807, 2.05) is 24.3 Å². The molecule has 2 aromatic carbocycles. The van der Waals surface area contributed by atoms with Crippen LogP contribution in [0, 0.1) is 5.82 Å². The van der Waals surface area contributed by atoms with Crippen molar-refractivity contribution < 1.29 is 13.3 Å². The van der Waals surface area contributed by atoms with E-state index in [0.29, 0.717) is 23.8 Å². The summed E-state index contributed by atoms with van der Waals surface area (Å²) in [5, 5.41) is 0. The highest BCUT2D eigenvalue weighted by atomic mass is 32.2. The fourth-order valence-corrected chi connectivity index (χ4v) is 2.57. The molecule has 0 amide bonds. The zero-order valence-corrected chi connectivity index (χ0v) is 11.7. The van der Waals surface area contributed by atoms with Crippen LogP contribution < -0.4 is 10.5 Å². The molecule has 0 saturated carbocycles. The van der Waals surface area contributed by atoms with Crippen LogP contribution in [0.25, 0.3) is 0 Å². The van der Waals surface area contributed by atoms with Crippen LogP contribution in [0.3, 0.4) is 0 Å². The summed E-state index contributed by atoms with van der Waals surface area (Å²) in [6.45, 7) is 0.834. The fourth-order valence-electron chi connectivity index (χ4n) is 1.66. The van der Waals surface area contributed by atoms with Gasteiger partial charge in [-0.1, -0.05) is 12.1 Å². The minimum atomic E-state index is -1.18. The SMILES string of the molecule is NCc1ccc(OCCS(=O)c2ccc(F)cc2)cc1. The monoisotopic (exact) mass is 293 g/mol. The van der Waals surface area contributed by atoms with Crippen LogP contribution in [-0.4, -0.2) is 16.6 Å².